The van der Waals surface area contributed by atoms with Crippen LogP contribution in [-0.4, -0.2) is 11.2 Å². The normalized spacial score (nSPS) is 12.6. The van der Waals surface area contributed by atoms with Gasteiger partial charge in [-0.2, -0.15) is 0 Å². The summed E-state index contributed by atoms with van der Waals surface area (Å²) in [6.07, 6.45) is 1.47. The molecule has 0 bridgehead atoms. The standard InChI is InChI=1S/C13H12F2O2/c14-12-4-3-9(7-13(12)15)6-10(16)8-11-2-1-5-17-11/h1-5,7,10,16H,6,8H2. The third-order valence-corrected chi connectivity index (χ3v) is 2.47. The summed E-state index contributed by atoms with van der Waals surface area (Å²) < 4.78 is 30.7. The lowest BCUT2D eigenvalue weighted by atomic mass is 10.0. The Labute approximate surface area is 97.5 Å². The summed E-state index contributed by atoms with van der Waals surface area (Å²) in [4.78, 5) is 0. The number of benzene rings is 1. The number of aliphatic hydroxyl groups excluding tert-OH is 1. The lowest BCUT2D eigenvalue weighted by Gasteiger charge is -2.09. The molecule has 90 valence electrons. The number of rotatable bonds is 4. The van der Waals surface area contributed by atoms with E-state index in [0.717, 1.165) is 12.1 Å². The van der Waals surface area contributed by atoms with E-state index in [2.05, 4.69) is 0 Å². The smallest absolute Gasteiger partial charge is 0.159 e. The maximum atomic E-state index is 12.9. The molecule has 2 nitrogen and oxygen atoms in total. The molecule has 1 aromatic carbocycles. The molecule has 1 heterocycles. The molecule has 0 spiro atoms. The van der Waals surface area contributed by atoms with Crippen molar-refractivity contribution in [2.45, 2.75) is 18.9 Å². The van der Waals surface area contributed by atoms with Gasteiger partial charge >= 0.3 is 0 Å². The number of halogens is 2. The van der Waals surface area contributed by atoms with Crippen molar-refractivity contribution in [1.29, 1.82) is 0 Å². The Morgan fingerprint density at radius 3 is 2.59 bits per heavy atom. The predicted octanol–water partition coefficient (Wildman–Crippen LogP) is 2.70. The summed E-state index contributed by atoms with van der Waals surface area (Å²) in [5, 5.41) is 9.76. The van der Waals surface area contributed by atoms with E-state index in [1.54, 1.807) is 12.1 Å². The van der Waals surface area contributed by atoms with Gasteiger partial charge in [0.15, 0.2) is 11.6 Å². The highest BCUT2D eigenvalue weighted by atomic mass is 19.2. The Bertz CT molecular complexity index is 480. The van der Waals surface area contributed by atoms with Gasteiger partial charge in [-0.3, -0.25) is 0 Å². The van der Waals surface area contributed by atoms with Crippen LogP contribution in [0.1, 0.15) is 11.3 Å². The van der Waals surface area contributed by atoms with Crippen LogP contribution in [0.25, 0.3) is 0 Å². The van der Waals surface area contributed by atoms with Gasteiger partial charge in [0.05, 0.1) is 12.4 Å². The van der Waals surface area contributed by atoms with Crippen LogP contribution in [0.5, 0.6) is 0 Å². The Morgan fingerprint density at radius 2 is 1.94 bits per heavy atom. The second-order valence-corrected chi connectivity index (χ2v) is 3.89. The Kier molecular flexibility index (Phi) is 3.54. The third-order valence-electron chi connectivity index (χ3n) is 2.47. The Hall–Kier alpha value is -1.68. The molecular weight excluding hydrogens is 226 g/mol. The van der Waals surface area contributed by atoms with Crippen molar-refractivity contribution in [2.75, 3.05) is 0 Å². The Balaban J connectivity index is 1.98. The summed E-state index contributed by atoms with van der Waals surface area (Å²) in [6.45, 7) is 0. The highest BCUT2D eigenvalue weighted by Gasteiger charge is 2.10. The van der Waals surface area contributed by atoms with Crippen molar-refractivity contribution in [2.24, 2.45) is 0 Å². The van der Waals surface area contributed by atoms with E-state index in [9.17, 15) is 13.9 Å². The first kappa shape index (κ1) is 11.8. The van der Waals surface area contributed by atoms with E-state index in [0.29, 0.717) is 17.7 Å². The van der Waals surface area contributed by atoms with Crippen molar-refractivity contribution in [1.82, 2.24) is 0 Å². The van der Waals surface area contributed by atoms with E-state index < -0.39 is 17.7 Å². The van der Waals surface area contributed by atoms with E-state index in [-0.39, 0.29) is 6.42 Å². The van der Waals surface area contributed by atoms with Crippen LogP contribution in [-0.2, 0) is 12.8 Å². The summed E-state index contributed by atoms with van der Waals surface area (Å²) >= 11 is 0. The molecule has 0 aliphatic carbocycles. The molecular formula is C13H12F2O2. The summed E-state index contributed by atoms with van der Waals surface area (Å²) in [6, 6.07) is 7.11. The monoisotopic (exact) mass is 238 g/mol. The summed E-state index contributed by atoms with van der Waals surface area (Å²) in [5.74, 6) is -1.11. The van der Waals surface area contributed by atoms with E-state index >= 15 is 0 Å². The zero-order chi connectivity index (χ0) is 12.3. The number of hydrogen-bond donors (Lipinski definition) is 1. The van der Waals surface area contributed by atoms with Crippen molar-refractivity contribution in [3.8, 4) is 0 Å². The van der Waals surface area contributed by atoms with Gasteiger partial charge < -0.3 is 9.52 Å². The van der Waals surface area contributed by atoms with Gasteiger partial charge in [0.25, 0.3) is 0 Å². The van der Waals surface area contributed by atoms with Gasteiger partial charge in [0.1, 0.15) is 5.76 Å². The second-order valence-electron chi connectivity index (χ2n) is 3.89. The molecule has 0 aliphatic heterocycles. The number of furan rings is 1. The second kappa shape index (κ2) is 5.10. The number of aliphatic hydroxyl groups is 1. The van der Waals surface area contributed by atoms with Crippen LogP contribution in [0.3, 0.4) is 0 Å². The van der Waals surface area contributed by atoms with E-state index in [1.807, 2.05) is 0 Å². The molecule has 0 saturated heterocycles. The molecule has 17 heavy (non-hydrogen) atoms. The molecule has 4 heteroatoms. The zero-order valence-corrected chi connectivity index (χ0v) is 9.07. The van der Waals surface area contributed by atoms with E-state index in [4.69, 9.17) is 4.42 Å². The first-order chi connectivity index (χ1) is 8.15. The van der Waals surface area contributed by atoms with Crippen LogP contribution in [0, 0.1) is 11.6 Å². The first-order valence-corrected chi connectivity index (χ1v) is 5.29. The molecule has 1 N–H and O–H groups in total. The fraction of sp³-hybridized carbons (Fsp3) is 0.231. The van der Waals surface area contributed by atoms with Gasteiger partial charge in [-0.05, 0) is 36.2 Å². The topological polar surface area (TPSA) is 33.4 Å². The molecule has 0 fully saturated rings. The van der Waals surface area contributed by atoms with Crippen LogP contribution >= 0.6 is 0 Å². The van der Waals surface area contributed by atoms with E-state index in [1.165, 1.54) is 12.3 Å². The van der Waals surface area contributed by atoms with Crippen LogP contribution < -0.4 is 0 Å². The van der Waals surface area contributed by atoms with Gasteiger partial charge in [0, 0.05) is 6.42 Å². The molecule has 2 rings (SSSR count). The average molecular weight is 238 g/mol. The van der Waals surface area contributed by atoms with Crippen molar-refractivity contribution >= 4 is 0 Å². The minimum atomic E-state index is -0.896. The predicted molar refractivity (Wildman–Crippen MR) is 58.5 cm³/mol. The molecule has 0 aliphatic rings. The van der Waals surface area contributed by atoms with Crippen molar-refractivity contribution < 1.29 is 18.3 Å². The highest BCUT2D eigenvalue weighted by molar-refractivity contribution is 5.18. The minimum absolute atomic E-state index is 0.262. The Morgan fingerprint density at radius 1 is 1.12 bits per heavy atom. The SMILES string of the molecule is OC(Cc1ccc(F)c(F)c1)Cc1ccco1. The third kappa shape index (κ3) is 3.14. The number of hydrogen-bond acceptors (Lipinski definition) is 2. The maximum Gasteiger partial charge on any atom is 0.159 e. The molecule has 2 aromatic rings. The fourth-order valence-corrected chi connectivity index (χ4v) is 1.67. The molecule has 0 saturated carbocycles. The van der Waals surface area contributed by atoms with Crippen LogP contribution in [0.4, 0.5) is 8.78 Å². The van der Waals surface area contributed by atoms with Crippen LogP contribution in [0.2, 0.25) is 0 Å². The maximum absolute atomic E-state index is 12.9. The highest BCUT2D eigenvalue weighted by Crippen LogP contribution is 2.13. The molecule has 0 amide bonds. The van der Waals surface area contributed by atoms with Crippen molar-refractivity contribution in [3.05, 3.63) is 59.6 Å². The lowest BCUT2D eigenvalue weighted by molar-refractivity contribution is 0.167. The lowest BCUT2D eigenvalue weighted by Crippen LogP contribution is -2.13. The molecule has 1 unspecified atom stereocenters. The molecule has 1 atom stereocenters. The first-order valence-electron chi connectivity index (χ1n) is 5.29. The minimum Gasteiger partial charge on any atom is -0.469 e. The fourth-order valence-electron chi connectivity index (χ4n) is 1.67. The summed E-state index contributed by atoms with van der Waals surface area (Å²) in [5.41, 5.74) is 0.558. The molecule has 0 radical (unpaired) electrons. The van der Waals surface area contributed by atoms with Crippen molar-refractivity contribution in [3.63, 3.8) is 0 Å². The summed E-state index contributed by atoms with van der Waals surface area (Å²) in [7, 11) is 0. The van der Waals surface area contributed by atoms with Gasteiger partial charge in [-0.1, -0.05) is 6.07 Å². The van der Waals surface area contributed by atoms with Gasteiger partial charge in [0.2, 0.25) is 0 Å². The van der Waals surface area contributed by atoms with Gasteiger partial charge in [-0.25, -0.2) is 8.78 Å². The van der Waals surface area contributed by atoms with Crippen LogP contribution in [0.15, 0.2) is 41.0 Å². The van der Waals surface area contributed by atoms with Gasteiger partial charge in [-0.15, -0.1) is 0 Å². The average Bonchev–Trinajstić information content (AvgIpc) is 2.76. The zero-order valence-electron chi connectivity index (χ0n) is 9.07. The quantitative estimate of drug-likeness (QED) is 0.888. The largest absolute Gasteiger partial charge is 0.469 e. The molecule has 1 aromatic heterocycles.